The van der Waals surface area contributed by atoms with Gasteiger partial charge in [0, 0.05) is 50.4 Å². The molecule has 0 N–H and O–H groups in total. The molecule has 1 saturated heterocycles. The Hall–Kier alpha value is -2.80. The lowest BCUT2D eigenvalue weighted by Gasteiger charge is -2.47. The Balaban J connectivity index is 1.19. The lowest BCUT2D eigenvalue weighted by atomic mass is 9.71. The van der Waals surface area contributed by atoms with Crippen LogP contribution >= 0.6 is 0 Å². The van der Waals surface area contributed by atoms with Gasteiger partial charge in [0.05, 0.1) is 6.54 Å². The van der Waals surface area contributed by atoms with E-state index in [0.717, 1.165) is 50.0 Å². The summed E-state index contributed by atoms with van der Waals surface area (Å²) in [5, 5.41) is 0. The fourth-order valence-corrected chi connectivity index (χ4v) is 6.39. The Bertz CT molecular complexity index is 1050. The molecule has 3 aliphatic heterocycles. The summed E-state index contributed by atoms with van der Waals surface area (Å²) in [6.45, 7) is 8.02. The largest absolute Gasteiger partial charge is 0.486 e. The maximum absolute atomic E-state index is 13.4. The first-order chi connectivity index (χ1) is 16.6. The van der Waals surface area contributed by atoms with Crippen LogP contribution in [-0.4, -0.2) is 73.2 Å². The van der Waals surface area contributed by atoms with E-state index in [1.165, 1.54) is 36.8 Å². The van der Waals surface area contributed by atoms with E-state index in [1.807, 2.05) is 29.3 Å². The molecule has 1 aromatic carbocycles. The SMILES string of the molecule is CC1c2cc3c(cc2C2(CCCC2)CN1CC(=O)N1CCN(c2ccccn2)CC1)OCCO3. The number of pyridine rings is 1. The van der Waals surface area contributed by atoms with Crippen molar-refractivity contribution in [2.24, 2.45) is 0 Å². The number of piperazine rings is 1. The smallest absolute Gasteiger partial charge is 0.236 e. The van der Waals surface area contributed by atoms with E-state index in [9.17, 15) is 4.79 Å². The molecule has 4 heterocycles. The number of hydrogen-bond acceptors (Lipinski definition) is 6. The minimum absolute atomic E-state index is 0.121. The van der Waals surface area contributed by atoms with Crippen LogP contribution in [0.1, 0.15) is 49.8 Å². The standard InChI is InChI=1S/C27H34N4O3/c1-20-21-16-23-24(34-15-14-33-23)17-22(21)27(7-3-4-8-27)19-31(20)18-26(32)30-12-10-29(11-13-30)25-6-2-5-9-28-25/h2,5-6,9,16-17,20H,3-4,7-8,10-15,18-19H2,1H3. The third-order valence-electron chi connectivity index (χ3n) is 8.29. The van der Waals surface area contributed by atoms with Crippen LogP contribution in [0.3, 0.4) is 0 Å². The number of carbonyl (C=O) groups excluding carboxylic acids is 1. The highest BCUT2D eigenvalue weighted by Crippen LogP contribution is 2.51. The van der Waals surface area contributed by atoms with E-state index in [-0.39, 0.29) is 17.4 Å². The first-order valence-corrected chi connectivity index (χ1v) is 12.7. The topological polar surface area (TPSA) is 58.1 Å². The van der Waals surface area contributed by atoms with Gasteiger partial charge in [-0.3, -0.25) is 9.69 Å². The summed E-state index contributed by atoms with van der Waals surface area (Å²) in [7, 11) is 0. The van der Waals surface area contributed by atoms with Crippen molar-refractivity contribution in [1.29, 1.82) is 0 Å². The number of benzene rings is 1. The van der Waals surface area contributed by atoms with E-state index < -0.39 is 0 Å². The zero-order chi connectivity index (χ0) is 23.1. The third-order valence-corrected chi connectivity index (χ3v) is 8.29. The van der Waals surface area contributed by atoms with Crippen LogP contribution < -0.4 is 14.4 Å². The minimum Gasteiger partial charge on any atom is -0.486 e. The molecule has 7 nitrogen and oxygen atoms in total. The molecule has 1 spiro atoms. The van der Waals surface area contributed by atoms with Crippen LogP contribution in [0.2, 0.25) is 0 Å². The van der Waals surface area contributed by atoms with Crippen molar-refractivity contribution in [3.8, 4) is 11.5 Å². The Morgan fingerprint density at radius 1 is 1.06 bits per heavy atom. The molecule has 1 aliphatic carbocycles. The molecule has 2 fully saturated rings. The van der Waals surface area contributed by atoms with E-state index in [2.05, 4.69) is 33.8 Å². The quantitative estimate of drug-likeness (QED) is 0.697. The number of ether oxygens (including phenoxy) is 2. The van der Waals surface area contributed by atoms with Gasteiger partial charge >= 0.3 is 0 Å². The van der Waals surface area contributed by atoms with Crippen LogP contribution in [0.15, 0.2) is 36.5 Å². The van der Waals surface area contributed by atoms with Gasteiger partial charge in [0.15, 0.2) is 11.5 Å². The van der Waals surface area contributed by atoms with Crippen molar-refractivity contribution in [1.82, 2.24) is 14.8 Å². The van der Waals surface area contributed by atoms with Gasteiger partial charge in [0.25, 0.3) is 0 Å². The molecule has 4 aliphatic rings. The number of anilines is 1. The van der Waals surface area contributed by atoms with Gasteiger partial charge in [-0.25, -0.2) is 4.98 Å². The van der Waals surface area contributed by atoms with Gasteiger partial charge in [-0.2, -0.15) is 0 Å². The van der Waals surface area contributed by atoms with Gasteiger partial charge < -0.3 is 19.3 Å². The highest BCUT2D eigenvalue weighted by molar-refractivity contribution is 5.79. The van der Waals surface area contributed by atoms with Gasteiger partial charge in [0.1, 0.15) is 19.0 Å². The monoisotopic (exact) mass is 462 g/mol. The highest BCUT2D eigenvalue weighted by atomic mass is 16.6. The number of aromatic nitrogens is 1. The summed E-state index contributed by atoms with van der Waals surface area (Å²) in [4.78, 5) is 24.6. The van der Waals surface area contributed by atoms with Crippen LogP contribution in [0.4, 0.5) is 5.82 Å². The molecule has 0 radical (unpaired) electrons. The second kappa shape index (κ2) is 8.77. The normalized spacial score (nSPS) is 23.7. The Morgan fingerprint density at radius 3 is 2.50 bits per heavy atom. The molecule has 6 rings (SSSR count). The molecule has 1 saturated carbocycles. The molecule has 180 valence electrons. The molecule has 0 bridgehead atoms. The molecule has 7 heteroatoms. The van der Waals surface area contributed by atoms with Crippen molar-refractivity contribution >= 4 is 11.7 Å². The zero-order valence-electron chi connectivity index (χ0n) is 20.0. The molecule has 1 unspecified atom stereocenters. The zero-order valence-corrected chi connectivity index (χ0v) is 20.0. The maximum atomic E-state index is 13.4. The summed E-state index contributed by atoms with van der Waals surface area (Å²) in [5.41, 5.74) is 2.86. The second-order valence-corrected chi connectivity index (χ2v) is 10.2. The molecule has 1 atom stereocenters. The summed E-state index contributed by atoms with van der Waals surface area (Å²) in [6, 6.07) is 10.6. The van der Waals surface area contributed by atoms with Crippen LogP contribution in [0.5, 0.6) is 11.5 Å². The van der Waals surface area contributed by atoms with Crippen molar-refractivity contribution in [2.45, 2.75) is 44.1 Å². The first-order valence-electron chi connectivity index (χ1n) is 12.7. The number of hydrogen-bond donors (Lipinski definition) is 0. The minimum atomic E-state index is 0.121. The Kier molecular flexibility index (Phi) is 5.60. The molecular formula is C27H34N4O3. The highest BCUT2D eigenvalue weighted by Gasteiger charge is 2.45. The Morgan fingerprint density at radius 2 is 1.79 bits per heavy atom. The number of carbonyl (C=O) groups is 1. The van der Waals surface area contributed by atoms with Gasteiger partial charge in [-0.05, 0) is 55.2 Å². The molecule has 1 amide bonds. The van der Waals surface area contributed by atoms with Gasteiger partial charge in [-0.1, -0.05) is 18.9 Å². The molecular weight excluding hydrogens is 428 g/mol. The number of nitrogens with zero attached hydrogens (tertiary/aromatic N) is 4. The number of rotatable bonds is 3. The summed E-state index contributed by atoms with van der Waals surface area (Å²) >= 11 is 0. The first kappa shape index (κ1) is 21.7. The van der Waals surface area contributed by atoms with E-state index in [0.29, 0.717) is 19.8 Å². The average molecular weight is 463 g/mol. The van der Waals surface area contributed by atoms with Crippen LogP contribution in [-0.2, 0) is 10.2 Å². The van der Waals surface area contributed by atoms with Crippen LogP contribution in [0.25, 0.3) is 0 Å². The van der Waals surface area contributed by atoms with Crippen molar-refractivity contribution in [3.05, 3.63) is 47.7 Å². The third kappa shape index (κ3) is 3.80. The predicted octanol–water partition coefficient (Wildman–Crippen LogP) is 3.39. The lowest BCUT2D eigenvalue weighted by molar-refractivity contribution is -0.133. The second-order valence-electron chi connectivity index (χ2n) is 10.2. The predicted molar refractivity (Wildman–Crippen MR) is 131 cm³/mol. The lowest BCUT2D eigenvalue weighted by Crippen LogP contribution is -2.54. The Labute approximate surface area is 201 Å². The summed E-state index contributed by atoms with van der Waals surface area (Å²) in [6.07, 6.45) is 6.69. The molecule has 2 aromatic rings. The van der Waals surface area contributed by atoms with Gasteiger partial charge in [-0.15, -0.1) is 0 Å². The van der Waals surface area contributed by atoms with Crippen LogP contribution in [0, 0.1) is 0 Å². The summed E-state index contributed by atoms with van der Waals surface area (Å²) < 4.78 is 11.8. The molecule has 1 aromatic heterocycles. The van der Waals surface area contributed by atoms with Gasteiger partial charge in [0.2, 0.25) is 5.91 Å². The van der Waals surface area contributed by atoms with Crippen molar-refractivity contribution < 1.29 is 14.3 Å². The van der Waals surface area contributed by atoms with E-state index in [1.54, 1.807) is 0 Å². The number of amides is 1. The maximum Gasteiger partial charge on any atom is 0.236 e. The molecule has 34 heavy (non-hydrogen) atoms. The average Bonchev–Trinajstić information content (AvgIpc) is 3.36. The summed E-state index contributed by atoms with van der Waals surface area (Å²) in [5.74, 6) is 2.97. The fourth-order valence-electron chi connectivity index (χ4n) is 6.39. The van der Waals surface area contributed by atoms with E-state index in [4.69, 9.17) is 9.47 Å². The fraction of sp³-hybridized carbons (Fsp3) is 0.556. The van der Waals surface area contributed by atoms with E-state index >= 15 is 0 Å². The van der Waals surface area contributed by atoms with Crippen molar-refractivity contribution in [2.75, 3.05) is 57.4 Å². The number of fused-ring (bicyclic) bond motifs is 3. The van der Waals surface area contributed by atoms with Crippen molar-refractivity contribution in [3.63, 3.8) is 0 Å².